The van der Waals surface area contributed by atoms with Crippen LogP contribution in [0.1, 0.15) is 25.3 Å². The zero-order chi connectivity index (χ0) is 10.7. The van der Waals surface area contributed by atoms with Crippen LogP contribution in [0, 0.1) is 0 Å². The molecule has 1 aliphatic heterocycles. The molecule has 0 atom stereocenters. The van der Waals surface area contributed by atoms with Crippen LogP contribution < -0.4 is 0 Å². The molecule has 1 fully saturated rings. The lowest BCUT2D eigenvalue weighted by Gasteiger charge is -2.06. The SMILES string of the molecule is CC/C(=C1\CCOC1=O)c1ccccc1. The van der Waals surface area contributed by atoms with Crippen molar-refractivity contribution in [2.75, 3.05) is 6.61 Å². The highest BCUT2D eigenvalue weighted by Crippen LogP contribution is 2.27. The summed E-state index contributed by atoms with van der Waals surface area (Å²) in [5.74, 6) is -0.143. The third kappa shape index (κ3) is 1.94. The Bertz CT molecular complexity index is 390. The molecule has 0 radical (unpaired) electrons. The van der Waals surface area contributed by atoms with Gasteiger partial charge in [0.15, 0.2) is 0 Å². The van der Waals surface area contributed by atoms with Crippen LogP contribution in [0.15, 0.2) is 35.9 Å². The summed E-state index contributed by atoms with van der Waals surface area (Å²) < 4.78 is 4.97. The summed E-state index contributed by atoms with van der Waals surface area (Å²) in [6, 6.07) is 10.0. The summed E-state index contributed by atoms with van der Waals surface area (Å²) >= 11 is 0. The van der Waals surface area contributed by atoms with E-state index in [1.807, 2.05) is 30.3 Å². The molecule has 0 amide bonds. The smallest absolute Gasteiger partial charge is 0.334 e. The van der Waals surface area contributed by atoms with Gasteiger partial charge in [-0.2, -0.15) is 0 Å². The average Bonchev–Trinajstić information content (AvgIpc) is 2.68. The number of carbonyl (C=O) groups is 1. The molecule has 15 heavy (non-hydrogen) atoms. The standard InChI is InChI=1S/C13H14O2/c1-2-11(10-6-4-3-5-7-10)12-8-9-15-13(12)14/h3-7H,2,8-9H2,1H3/b12-11-. The molecule has 78 valence electrons. The second kappa shape index (κ2) is 4.30. The topological polar surface area (TPSA) is 26.3 Å². The molecule has 0 spiro atoms. The van der Waals surface area contributed by atoms with Gasteiger partial charge in [-0.05, 0) is 17.6 Å². The van der Waals surface area contributed by atoms with Gasteiger partial charge in [0.1, 0.15) is 0 Å². The molecule has 0 aliphatic carbocycles. The zero-order valence-electron chi connectivity index (χ0n) is 8.82. The van der Waals surface area contributed by atoms with E-state index >= 15 is 0 Å². The van der Waals surface area contributed by atoms with E-state index in [9.17, 15) is 4.79 Å². The van der Waals surface area contributed by atoms with Crippen LogP contribution in [0.5, 0.6) is 0 Å². The van der Waals surface area contributed by atoms with E-state index in [2.05, 4.69) is 6.92 Å². The molecule has 0 N–H and O–H groups in total. The molecular weight excluding hydrogens is 188 g/mol. The van der Waals surface area contributed by atoms with Gasteiger partial charge in [0, 0.05) is 12.0 Å². The summed E-state index contributed by atoms with van der Waals surface area (Å²) in [4.78, 5) is 11.5. The lowest BCUT2D eigenvalue weighted by molar-refractivity contribution is -0.135. The fourth-order valence-electron chi connectivity index (χ4n) is 1.94. The maximum atomic E-state index is 11.5. The first-order valence-corrected chi connectivity index (χ1v) is 5.27. The molecule has 1 aromatic carbocycles. The minimum absolute atomic E-state index is 0.143. The molecule has 1 aromatic rings. The summed E-state index contributed by atoms with van der Waals surface area (Å²) in [6.45, 7) is 2.60. The molecular formula is C13H14O2. The number of hydrogen-bond donors (Lipinski definition) is 0. The Hall–Kier alpha value is -1.57. The molecule has 1 aliphatic rings. The highest BCUT2D eigenvalue weighted by atomic mass is 16.5. The fourth-order valence-corrected chi connectivity index (χ4v) is 1.94. The molecule has 1 heterocycles. The van der Waals surface area contributed by atoms with Crippen molar-refractivity contribution in [3.05, 3.63) is 41.5 Å². The Kier molecular flexibility index (Phi) is 2.86. The van der Waals surface area contributed by atoms with Gasteiger partial charge in [0.25, 0.3) is 0 Å². The summed E-state index contributed by atoms with van der Waals surface area (Å²) in [5.41, 5.74) is 3.11. The van der Waals surface area contributed by atoms with Crippen molar-refractivity contribution in [2.24, 2.45) is 0 Å². The van der Waals surface area contributed by atoms with Crippen LogP contribution in [0.4, 0.5) is 0 Å². The minimum Gasteiger partial charge on any atom is -0.462 e. The van der Waals surface area contributed by atoms with Crippen molar-refractivity contribution in [1.82, 2.24) is 0 Å². The van der Waals surface area contributed by atoms with Crippen molar-refractivity contribution in [3.8, 4) is 0 Å². The second-order valence-corrected chi connectivity index (χ2v) is 3.56. The van der Waals surface area contributed by atoms with Gasteiger partial charge < -0.3 is 4.74 Å². The maximum Gasteiger partial charge on any atom is 0.334 e. The Morgan fingerprint density at radius 3 is 2.60 bits per heavy atom. The monoisotopic (exact) mass is 202 g/mol. The number of rotatable bonds is 2. The van der Waals surface area contributed by atoms with Crippen molar-refractivity contribution >= 4 is 11.5 Å². The number of ether oxygens (including phenoxy) is 1. The van der Waals surface area contributed by atoms with E-state index in [1.165, 1.54) is 0 Å². The first-order chi connectivity index (χ1) is 7.33. The minimum atomic E-state index is -0.143. The van der Waals surface area contributed by atoms with Crippen LogP contribution in [-0.2, 0) is 9.53 Å². The van der Waals surface area contributed by atoms with Gasteiger partial charge in [0.2, 0.25) is 0 Å². The normalized spacial score (nSPS) is 18.9. The lowest BCUT2D eigenvalue weighted by Crippen LogP contribution is -1.98. The number of cyclic esters (lactones) is 1. The van der Waals surface area contributed by atoms with Crippen molar-refractivity contribution in [2.45, 2.75) is 19.8 Å². The van der Waals surface area contributed by atoms with E-state index in [4.69, 9.17) is 4.74 Å². The van der Waals surface area contributed by atoms with E-state index in [0.29, 0.717) is 6.61 Å². The molecule has 0 aromatic heterocycles. The number of benzene rings is 1. The molecule has 1 saturated heterocycles. The third-order valence-corrected chi connectivity index (χ3v) is 2.67. The van der Waals surface area contributed by atoms with Gasteiger partial charge in [-0.25, -0.2) is 4.79 Å². The lowest BCUT2D eigenvalue weighted by atomic mass is 9.97. The second-order valence-electron chi connectivity index (χ2n) is 3.56. The summed E-state index contributed by atoms with van der Waals surface area (Å²) in [7, 11) is 0. The van der Waals surface area contributed by atoms with E-state index in [1.54, 1.807) is 0 Å². The molecule has 0 unspecified atom stereocenters. The molecule has 2 nitrogen and oxygen atoms in total. The van der Waals surface area contributed by atoms with Crippen LogP contribution in [-0.4, -0.2) is 12.6 Å². The van der Waals surface area contributed by atoms with Gasteiger partial charge in [-0.3, -0.25) is 0 Å². The Morgan fingerprint density at radius 2 is 2.07 bits per heavy atom. The van der Waals surface area contributed by atoms with E-state index in [0.717, 1.165) is 29.6 Å². The highest BCUT2D eigenvalue weighted by molar-refractivity contribution is 5.99. The molecule has 0 saturated carbocycles. The fraction of sp³-hybridized carbons (Fsp3) is 0.308. The predicted molar refractivity (Wildman–Crippen MR) is 59.2 cm³/mol. The highest BCUT2D eigenvalue weighted by Gasteiger charge is 2.22. The van der Waals surface area contributed by atoms with Crippen LogP contribution in [0.2, 0.25) is 0 Å². The molecule has 2 rings (SSSR count). The zero-order valence-corrected chi connectivity index (χ0v) is 8.82. The van der Waals surface area contributed by atoms with E-state index < -0.39 is 0 Å². The van der Waals surface area contributed by atoms with Gasteiger partial charge in [0.05, 0.1) is 6.61 Å². The third-order valence-electron chi connectivity index (χ3n) is 2.67. The number of allylic oxidation sites excluding steroid dienone is 1. The van der Waals surface area contributed by atoms with Gasteiger partial charge in [-0.1, -0.05) is 37.3 Å². The Balaban J connectivity index is 2.44. The number of carbonyl (C=O) groups excluding carboxylic acids is 1. The Labute approximate surface area is 89.6 Å². The van der Waals surface area contributed by atoms with Gasteiger partial charge in [-0.15, -0.1) is 0 Å². The largest absolute Gasteiger partial charge is 0.462 e. The van der Waals surface area contributed by atoms with Crippen LogP contribution in [0.3, 0.4) is 0 Å². The number of esters is 1. The maximum absolute atomic E-state index is 11.5. The molecule has 0 bridgehead atoms. The van der Waals surface area contributed by atoms with Crippen molar-refractivity contribution < 1.29 is 9.53 Å². The predicted octanol–water partition coefficient (Wildman–Crippen LogP) is 2.80. The average molecular weight is 202 g/mol. The van der Waals surface area contributed by atoms with Crippen LogP contribution >= 0.6 is 0 Å². The first-order valence-electron chi connectivity index (χ1n) is 5.27. The summed E-state index contributed by atoms with van der Waals surface area (Å²) in [5, 5.41) is 0. The first kappa shape index (κ1) is 9.97. The van der Waals surface area contributed by atoms with E-state index in [-0.39, 0.29) is 5.97 Å². The van der Waals surface area contributed by atoms with Gasteiger partial charge >= 0.3 is 5.97 Å². The molecule has 2 heteroatoms. The quantitative estimate of drug-likeness (QED) is 0.544. The van der Waals surface area contributed by atoms with Crippen molar-refractivity contribution in [1.29, 1.82) is 0 Å². The van der Waals surface area contributed by atoms with Crippen molar-refractivity contribution in [3.63, 3.8) is 0 Å². The Morgan fingerprint density at radius 1 is 1.33 bits per heavy atom. The summed E-state index contributed by atoms with van der Waals surface area (Å²) in [6.07, 6.45) is 1.62. The number of hydrogen-bond acceptors (Lipinski definition) is 2. The van der Waals surface area contributed by atoms with Crippen LogP contribution in [0.25, 0.3) is 5.57 Å².